The van der Waals surface area contributed by atoms with Crippen molar-refractivity contribution in [2.75, 3.05) is 5.32 Å². The summed E-state index contributed by atoms with van der Waals surface area (Å²) in [6.07, 6.45) is 1.59. The van der Waals surface area contributed by atoms with Gasteiger partial charge in [0.15, 0.2) is 0 Å². The largest absolute Gasteiger partial charge is 0.488 e. The van der Waals surface area contributed by atoms with Gasteiger partial charge in [-0.25, -0.2) is 0 Å². The van der Waals surface area contributed by atoms with Crippen LogP contribution in [-0.4, -0.2) is 5.91 Å². The SMILES string of the molecule is Cc1ccccc1NC(=O)/C(C#N)=C/c1c(OCc2cccc(Cl)c2)ccc2ccccc12. The summed E-state index contributed by atoms with van der Waals surface area (Å²) in [6, 6.07) is 28.5. The normalized spacial score (nSPS) is 11.1. The van der Waals surface area contributed by atoms with Crippen LogP contribution in [0, 0.1) is 18.3 Å². The van der Waals surface area contributed by atoms with Crippen molar-refractivity contribution in [3.05, 3.63) is 112 Å². The Morgan fingerprint density at radius 3 is 2.61 bits per heavy atom. The number of carbonyl (C=O) groups is 1. The lowest BCUT2D eigenvalue weighted by Gasteiger charge is -2.13. The molecule has 0 unspecified atom stereocenters. The molecule has 0 fully saturated rings. The van der Waals surface area contributed by atoms with E-state index in [9.17, 15) is 10.1 Å². The molecule has 4 rings (SSSR count). The van der Waals surface area contributed by atoms with Crippen LogP contribution < -0.4 is 10.1 Å². The van der Waals surface area contributed by atoms with Crippen molar-refractivity contribution in [2.45, 2.75) is 13.5 Å². The van der Waals surface area contributed by atoms with Gasteiger partial charge in [0, 0.05) is 16.3 Å². The maximum Gasteiger partial charge on any atom is 0.266 e. The summed E-state index contributed by atoms with van der Waals surface area (Å²) in [6.45, 7) is 2.20. The summed E-state index contributed by atoms with van der Waals surface area (Å²) >= 11 is 6.09. The first-order chi connectivity index (χ1) is 16.0. The second-order valence-corrected chi connectivity index (χ2v) is 7.99. The summed E-state index contributed by atoms with van der Waals surface area (Å²) in [5.74, 6) is 0.102. The van der Waals surface area contributed by atoms with E-state index in [0.29, 0.717) is 28.6 Å². The molecule has 1 N–H and O–H groups in total. The Balaban J connectivity index is 1.71. The van der Waals surface area contributed by atoms with Gasteiger partial charge < -0.3 is 10.1 Å². The van der Waals surface area contributed by atoms with Crippen molar-refractivity contribution in [2.24, 2.45) is 0 Å². The van der Waals surface area contributed by atoms with Gasteiger partial charge in [-0.05, 0) is 59.2 Å². The van der Waals surface area contributed by atoms with E-state index in [-0.39, 0.29) is 5.57 Å². The Hall–Kier alpha value is -4.07. The average Bonchev–Trinajstić information content (AvgIpc) is 2.83. The Bertz CT molecular complexity index is 1400. The number of amides is 1. The molecule has 0 aliphatic rings. The number of rotatable bonds is 6. The molecule has 0 saturated heterocycles. The molecule has 1 amide bonds. The van der Waals surface area contributed by atoms with Crippen LogP contribution >= 0.6 is 11.6 Å². The van der Waals surface area contributed by atoms with Gasteiger partial charge in [0.25, 0.3) is 5.91 Å². The minimum absolute atomic E-state index is 0.0118. The minimum atomic E-state index is -0.472. The lowest BCUT2D eigenvalue weighted by atomic mass is 10.0. The zero-order chi connectivity index (χ0) is 23.2. The average molecular weight is 453 g/mol. The van der Waals surface area contributed by atoms with E-state index in [4.69, 9.17) is 16.3 Å². The predicted molar refractivity (Wildman–Crippen MR) is 133 cm³/mol. The molecule has 0 aliphatic heterocycles. The maximum absolute atomic E-state index is 12.9. The second kappa shape index (κ2) is 10.0. The minimum Gasteiger partial charge on any atom is -0.488 e. The number of anilines is 1. The quantitative estimate of drug-likeness (QED) is 0.255. The van der Waals surface area contributed by atoms with E-state index >= 15 is 0 Å². The van der Waals surface area contributed by atoms with Crippen LogP contribution in [0.5, 0.6) is 5.75 Å². The predicted octanol–water partition coefficient (Wildman–Crippen LogP) is 6.93. The molecule has 0 aliphatic carbocycles. The molecular formula is C28H21ClN2O2. The molecule has 0 spiro atoms. The number of aryl methyl sites for hydroxylation is 1. The summed E-state index contributed by atoms with van der Waals surface area (Å²) < 4.78 is 6.10. The van der Waals surface area contributed by atoms with Crippen molar-refractivity contribution in [1.29, 1.82) is 5.26 Å². The number of nitrogens with zero attached hydrogens (tertiary/aromatic N) is 1. The molecule has 4 nitrogen and oxygen atoms in total. The van der Waals surface area contributed by atoms with Gasteiger partial charge >= 0.3 is 0 Å². The highest BCUT2D eigenvalue weighted by atomic mass is 35.5. The molecule has 0 saturated carbocycles. The van der Waals surface area contributed by atoms with E-state index in [0.717, 1.165) is 21.9 Å². The van der Waals surface area contributed by atoms with Gasteiger partial charge in [-0.3, -0.25) is 4.79 Å². The zero-order valence-electron chi connectivity index (χ0n) is 18.0. The van der Waals surface area contributed by atoms with E-state index in [1.807, 2.05) is 91.9 Å². The topological polar surface area (TPSA) is 62.1 Å². The fourth-order valence-corrected chi connectivity index (χ4v) is 3.75. The molecule has 5 heteroatoms. The highest BCUT2D eigenvalue weighted by Gasteiger charge is 2.14. The lowest BCUT2D eigenvalue weighted by Crippen LogP contribution is -2.14. The van der Waals surface area contributed by atoms with Crippen molar-refractivity contribution >= 4 is 40.0 Å². The molecule has 0 aromatic heterocycles. The molecule has 0 atom stereocenters. The molecule has 33 heavy (non-hydrogen) atoms. The molecule has 162 valence electrons. The smallest absolute Gasteiger partial charge is 0.266 e. The number of hydrogen-bond donors (Lipinski definition) is 1. The van der Waals surface area contributed by atoms with Gasteiger partial charge in [0.05, 0.1) is 0 Å². The highest BCUT2D eigenvalue weighted by Crippen LogP contribution is 2.31. The van der Waals surface area contributed by atoms with E-state index < -0.39 is 5.91 Å². The van der Waals surface area contributed by atoms with Crippen LogP contribution in [0.15, 0.2) is 90.5 Å². The fourth-order valence-electron chi connectivity index (χ4n) is 3.53. The number of para-hydroxylation sites is 1. The number of hydrogen-bond acceptors (Lipinski definition) is 3. The van der Waals surface area contributed by atoms with Crippen LogP contribution in [-0.2, 0) is 11.4 Å². The van der Waals surface area contributed by atoms with Gasteiger partial charge in [-0.2, -0.15) is 5.26 Å². The van der Waals surface area contributed by atoms with Gasteiger partial charge in [-0.15, -0.1) is 0 Å². The number of carbonyl (C=O) groups excluding carboxylic acids is 1. The Kier molecular flexibility index (Phi) is 6.73. The third kappa shape index (κ3) is 5.23. The number of halogens is 1. The number of nitriles is 1. The first-order valence-electron chi connectivity index (χ1n) is 10.4. The maximum atomic E-state index is 12.9. The Morgan fingerprint density at radius 1 is 1.03 bits per heavy atom. The Morgan fingerprint density at radius 2 is 1.82 bits per heavy atom. The van der Waals surface area contributed by atoms with Crippen LogP contribution in [0.1, 0.15) is 16.7 Å². The highest BCUT2D eigenvalue weighted by molar-refractivity contribution is 6.30. The zero-order valence-corrected chi connectivity index (χ0v) is 18.8. The number of benzene rings is 4. The lowest BCUT2D eigenvalue weighted by molar-refractivity contribution is -0.112. The summed E-state index contributed by atoms with van der Waals surface area (Å²) in [7, 11) is 0. The van der Waals surface area contributed by atoms with Crippen molar-refractivity contribution < 1.29 is 9.53 Å². The van der Waals surface area contributed by atoms with Gasteiger partial charge in [-0.1, -0.05) is 72.3 Å². The van der Waals surface area contributed by atoms with E-state index in [2.05, 4.69) is 5.32 Å². The number of ether oxygens (including phenoxy) is 1. The van der Waals surface area contributed by atoms with E-state index in [1.165, 1.54) is 0 Å². The van der Waals surface area contributed by atoms with Gasteiger partial charge in [0.1, 0.15) is 24.0 Å². The molecule has 0 heterocycles. The van der Waals surface area contributed by atoms with Crippen LogP contribution in [0.2, 0.25) is 5.02 Å². The fraction of sp³-hybridized carbons (Fsp3) is 0.0714. The molecule has 4 aromatic carbocycles. The molecule has 0 bridgehead atoms. The number of fused-ring (bicyclic) bond motifs is 1. The second-order valence-electron chi connectivity index (χ2n) is 7.56. The third-order valence-corrected chi connectivity index (χ3v) is 5.50. The van der Waals surface area contributed by atoms with Crippen LogP contribution in [0.25, 0.3) is 16.8 Å². The van der Waals surface area contributed by atoms with Gasteiger partial charge in [0.2, 0.25) is 0 Å². The first-order valence-corrected chi connectivity index (χ1v) is 10.8. The molecular weight excluding hydrogens is 432 g/mol. The van der Waals surface area contributed by atoms with Crippen molar-refractivity contribution in [3.8, 4) is 11.8 Å². The third-order valence-electron chi connectivity index (χ3n) is 5.26. The van der Waals surface area contributed by atoms with Crippen molar-refractivity contribution in [1.82, 2.24) is 0 Å². The molecule has 4 aromatic rings. The van der Waals surface area contributed by atoms with E-state index in [1.54, 1.807) is 12.1 Å². The molecule has 0 radical (unpaired) electrons. The van der Waals surface area contributed by atoms with Crippen LogP contribution in [0.3, 0.4) is 0 Å². The standard InChI is InChI=1S/C28H21ClN2O2/c1-19-7-2-5-12-26(19)31-28(32)22(17-30)16-25-24-11-4-3-9-21(24)13-14-27(25)33-18-20-8-6-10-23(29)15-20/h2-16H,18H2,1H3,(H,31,32)/b22-16+. The summed E-state index contributed by atoms with van der Waals surface area (Å²) in [5, 5.41) is 15.1. The van der Waals surface area contributed by atoms with Crippen molar-refractivity contribution in [3.63, 3.8) is 0 Å². The summed E-state index contributed by atoms with van der Waals surface area (Å²) in [4.78, 5) is 12.9. The first kappa shape index (κ1) is 22.1. The van der Waals surface area contributed by atoms with Crippen LogP contribution in [0.4, 0.5) is 5.69 Å². The summed E-state index contributed by atoms with van der Waals surface area (Å²) in [5.41, 5.74) is 3.16. The Labute approximate surface area is 197 Å². The number of nitrogens with one attached hydrogen (secondary N) is 1. The monoisotopic (exact) mass is 452 g/mol.